The second-order valence-corrected chi connectivity index (χ2v) is 5.06. The molecule has 0 saturated heterocycles. The summed E-state index contributed by atoms with van der Waals surface area (Å²) in [6.07, 6.45) is 0. The van der Waals surface area contributed by atoms with E-state index in [0.29, 0.717) is 11.3 Å². The van der Waals surface area contributed by atoms with E-state index in [9.17, 15) is 4.79 Å². The van der Waals surface area contributed by atoms with Crippen LogP contribution >= 0.6 is 0 Å². The highest BCUT2D eigenvalue weighted by molar-refractivity contribution is 5.94. The van der Waals surface area contributed by atoms with Crippen LogP contribution in [0.25, 0.3) is 0 Å². The number of hydrogen-bond donors (Lipinski definition) is 2. The van der Waals surface area contributed by atoms with Crippen LogP contribution in [0.15, 0.2) is 42.5 Å². The molecule has 2 rings (SSSR count). The Balaban J connectivity index is 2.17. The summed E-state index contributed by atoms with van der Waals surface area (Å²) in [6, 6.07) is 12.6. The number of hydrogen-bond acceptors (Lipinski definition) is 3. The third-order valence-electron chi connectivity index (χ3n) is 3.37. The molecule has 0 aliphatic carbocycles. The van der Waals surface area contributed by atoms with Gasteiger partial charge < -0.3 is 15.8 Å². The number of ether oxygens (including phenoxy) is 1. The summed E-state index contributed by atoms with van der Waals surface area (Å²) in [5.41, 5.74) is 8.93. The van der Waals surface area contributed by atoms with Crippen molar-refractivity contribution in [2.24, 2.45) is 0 Å². The molecule has 3 N–H and O–H groups in total. The molecular weight excluding hydrogens is 264 g/mol. The van der Waals surface area contributed by atoms with E-state index in [-0.39, 0.29) is 11.9 Å². The first-order valence-electron chi connectivity index (χ1n) is 6.82. The fourth-order valence-electron chi connectivity index (χ4n) is 2.18. The van der Waals surface area contributed by atoms with E-state index in [1.165, 1.54) is 0 Å². The fourth-order valence-corrected chi connectivity index (χ4v) is 2.18. The van der Waals surface area contributed by atoms with Crippen LogP contribution in [0.1, 0.15) is 34.5 Å². The number of carbonyl (C=O) groups excluding carboxylic acids is 1. The molecule has 4 heteroatoms. The summed E-state index contributed by atoms with van der Waals surface area (Å²) < 4.78 is 5.36. The molecule has 1 atom stereocenters. The second-order valence-electron chi connectivity index (χ2n) is 5.06. The number of nitrogen functional groups attached to an aromatic ring is 1. The molecule has 4 nitrogen and oxygen atoms in total. The molecule has 0 saturated carbocycles. The van der Waals surface area contributed by atoms with Crippen molar-refractivity contribution in [3.8, 4) is 5.75 Å². The minimum atomic E-state index is -0.148. The van der Waals surface area contributed by atoms with Crippen molar-refractivity contribution in [3.63, 3.8) is 0 Å². The van der Waals surface area contributed by atoms with Crippen molar-refractivity contribution < 1.29 is 9.53 Å². The van der Waals surface area contributed by atoms with Crippen LogP contribution < -0.4 is 15.8 Å². The van der Waals surface area contributed by atoms with Crippen molar-refractivity contribution in [2.75, 3.05) is 12.8 Å². The number of nitrogens with one attached hydrogen (secondary N) is 1. The molecule has 0 heterocycles. The maximum absolute atomic E-state index is 12.2. The van der Waals surface area contributed by atoms with Crippen molar-refractivity contribution in [2.45, 2.75) is 19.9 Å². The molecule has 1 unspecified atom stereocenters. The maximum atomic E-state index is 12.2. The number of methoxy groups -OCH3 is 1. The molecule has 110 valence electrons. The van der Waals surface area contributed by atoms with Crippen LogP contribution in [-0.4, -0.2) is 13.0 Å². The van der Waals surface area contributed by atoms with E-state index in [0.717, 1.165) is 16.9 Å². The lowest BCUT2D eigenvalue weighted by Gasteiger charge is -2.18. The molecule has 0 fully saturated rings. The Morgan fingerprint density at radius 2 is 1.86 bits per heavy atom. The van der Waals surface area contributed by atoms with Gasteiger partial charge in [-0.05, 0) is 44.2 Å². The summed E-state index contributed by atoms with van der Waals surface area (Å²) in [5, 5.41) is 2.97. The van der Waals surface area contributed by atoms with Gasteiger partial charge in [-0.3, -0.25) is 4.79 Å². The van der Waals surface area contributed by atoms with Gasteiger partial charge in [0, 0.05) is 16.8 Å². The van der Waals surface area contributed by atoms with Gasteiger partial charge in [0.15, 0.2) is 0 Å². The molecule has 0 aromatic heterocycles. The Bertz CT molecular complexity index is 636. The Morgan fingerprint density at radius 1 is 1.19 bits per heavy atom. The monoisotopic (exact) mass is 284 g/mol. The van der Waals surface area contributed by atoms with E-state index in [1.807, 2.05) is 32.0 Å². The predicted molar refractivity (Wildman–Crippen MR) is 84.5 cm³/mol. The molecule has 0 radical (unpaired) electrons. The fraction of sp³-hybridized carbons (Fsp3) is 0.235. The number of anilines is 1. The second kappa shape index (κ2) is 6.31. The first-order valence-corrected chi connectivity index (χ1v) is 6.82. The van der Waals surface area contributed by atoms with E-state index in [4.69, 9.17) is 10.5 Å². The van der Waals surface area contributed by atoms with Gasteiger partial charge in [-0.15, -0.1) is 0 Å². The number of benzene rings is 2. The van der Waals surface area contributed by atoms with E-state index >= 15 is 0 Å². The highest BCUT2D eigenvalue weighted by Crippen LogP contribution is 2.26. The van der Waals surface area contributed by atoms with Gasteiger partial charge in [0.2, 0.25) is 0 Å². The highest BCUT2D eigenvalue weighted by atomic mass is 16.5. The summed E-state index contributed by atoms with van der Waals surface area (Å²) in [7, 11) is 1.63. The van der Waals surface area contributed by atoms with Gasteiger partial charge >= 0.3 is 0 Å². The summed E-state index contributed by atoms with van der Waals surface area (Å²) in [6.45, 7) is 3.95. The molecular formula is C17H20N2O2. The van der Waals surface area contributed by atoms with Crippen molar-refractivity contribution in [1.82, 2.24) is 5.32 Å². The van der Waals surface area contributed by atoms with Crippen LogP contribution in [-0.2, 0) is 0 Å². The quantitative estimate of drug-likeness (QED) is 0.848. The topological polar surface area (TPSA) is 64.3 Å². The predicted octanol–water partition coefficient (Wildman–Crippen LogP) is 3.08. The van der Waals surface area contributed by atoms with Crippen LogP contribution in [0.2, 0.25) is 0 Å². The van der Waals surface area contributed by atoms with Crippen LogP contribution in [0.5, 0.6) is 5.75 Å². The highest BCUT2D eigenvalue weighted by Gasteiger charge is 2.15. The van der Waals surface area contributed by atoms with Gasteiger partial charge in [-0.2, -0.15) is 0 Å². The lowest BCUT2D eigenvalue weighted by Crippen LogP contribution is -2.27. The Hall–Kier alpha value is -2.49. The number of rotatable bonds is 4. The average molecular weight is 284 g/mol. The largest absolute Gasteiger partial charge is 0.496 e. The average Bonchev–Trinajstić information content (AvgIpc) is 2.47. The lowest BCUT2D eigenvalue weighted by molar-refractivity contribution is 0.0939. The zero-order valence-electron chi connectivity index (χ0n) is 12.5. The molecule has 21 heavy (non-hydrogen) atoms. The first kappa shape index (κ1) is 14.9. The van der Waals surface area contributed by atoms with Gasteiger partial charge in [-0.25, -0.2) is 0 Å². The van der Waals surface area contributed by atoms with Crippen molar-refractivity contribution in [1.29, 1.82) is 0 Å². The first-order chi connectivity index (χ1) is 10.0. The third-order valence-corrected chi connectivity index (χ3v) is 3.37. The molecule has 2 aromatic rings. The Labute approximate surface area is 124 Å². The van der Waals surface area contributed by atoms with Crippen molar-refractivity contribution >= 4 is 11.6 Å². The van der Waals surface area contributed by atoms with Crippen LogP contribution in [0, 0.1) is 6.92 Å². The summed E-state index contributed by atoms with van der Waals surface area (Å²) in [5.74, 6) is 0.636. The zero-order valence-corrected chi connectivity index (χ0v) is 12.5. The van der Waals surface area contributed by atoms with Gasteiger partial charge in [0.05, 0.1) is 13.2 Å². The van der Waals surface area contributed by atoms with Gasteiger partial charge in [0.1, 0.15) is 5.75 Å². The molecule has 0 spiro atoms. The minimum Gasteiger partial charge on any atom is -0.496 e. The summed E-state index contributed by atoms with van der Waals surface area (Å²) in [4.78, 5) is 12.2. The smallest absolute Gasteiger partial charge is 0.251 e. The normalized spacial score (nSPS) is 11.8. The number of nitrogens with two attached hydrogens (primary N) is 1. The molecule has 1 amide bonds. The number of carbonyl (C=O) groups is 1. The molecule has 0 aliphatic rings. The minimum absolute atomic E-state index is 0.133. The Kier molecular flexibility index (Phi) is 4.48. The number of amides is 1. The zero-order chi connectivity index (χ0) is 15.4. The molecule has 2 aromatic carbocycles. The van der Waals surface area contributed by atoms with Gasteiger partial charge in [-0.1, -0.05) is 17.7 Å². The standard InChI is InChI=1S/C17H20N2O2/c1-11-4-9-16(21-3)15(10-11)12(2)19-17(20)13-5-7-14(18)8-6-13/h4-10,12H,18H2,1-3H3,(H,19,20). The van der Waals surface area contributed by atoms with Crippen LogP contribution in [0.4, 0.5) is 5.69 Å². The van der Waals surface area contributed by atoms with E-state index in [2.05, 4.69) is 5.32 Å². The van der Waals surface area contributed by atoms with E-state index in [1.54, 1.807) is 31.4 Å². The lowest BCUT2D eigenvalue weighted by atomic mass is 10.0. The van der Waals surface area contributed by atoms with Crippen molar-refractivity contribution in [3.05, 3.63) is 59.2 Å². The number of aryl methyl sites for hydroxylation is 1. The maximum Gasteiger partial charge on any atom is 0.251 e. The Morgan fingerprint density at radius 3 is 2.48 bits per heavy atom. The van der Waals surface area contributed by atoms with Crippen LogP contribution in [0.3, 0.4) is 0 Å². The summed E-state index contributed by atoms with van der Waals surface area (Å²) >= 11 is 0. The van der Waals surface area contributed by atoms with Gasteiger partial charge in [0.25, 0.3) is 5.91 Å². The molecule has 0 bridgehead atoms. The SMILES string of the molecule is COc1ccc(C)cc1C(C)NC(=O)c1ccc(N)cc1. The third kappa shape index (κ3) is 3.54. The molecule has 0 aliphatic heterocycles. The van der Waals surface area contributed by atoms with E-state index < -0.39 is 0 Å².